The van der Waals surface area contributed by atoms with Gasteiger partial charge in [0.25, 0.3) is 0 Å². The number of amides is 1. The van der Waals surface area contributed by atoms with E-state index in [1.54, 1.807) is 0 Å². The van der Waals surface area contributed by atoms with Crippen LogP contribution in [0.2, 0.25) is 5.02 Å². The van der Waals surface area contributed by atoms with Crippen LogP contribution in [0.25, 0.3) is 0 Å². The van der Waals surface area contributed by atoms with Gasteiger partial charge in [0.1, 0.15) is 0 Å². The summed E-state index contributed by atoms with van der Waals surface area (Å²) in [6.45, 7) is 4.54. The number of halogens is 1. The third kappa shape index (κ3) is 3.99. The van der Waals surface area contributed by atoms with Gasteiger partial charge in [-0.1, -0.05) is 56.5 Å². The van der Waals surface area contributed by atoms with Crippen LogP contribution in [0.4, 0.5) is 0 Å². The third-order valence-electron chi connectivity index (χ3n) is 4.63. The van der Waals surface area contributed by atoms with Crippen LogP contribution in [0.3, 0.4) is 0 Å². The smallest absolute Gasteiger partial charge is 0.220 e. The second-order valence-electron chi connectivity index (χ2n) is 6.03. The van der Waals surface area contributed by atoms with Gasteiger partial charge in [0.15, 0.2) is 0 Å². The molecule has 1 aliphatic carbocycles. The normalized spacial score (nSPS) is 26.2. The lowest BCUT2D eigenvalue weighted by atomic mass is 9.78. The summed E-state index contributed by atoms with van der Waals surface area (Å²) in [5.41, 5.74) is 1.05. The van der Waals surface area contributed by atoms with Crippen molar-refractivity contribution < 1.29 is 4.79 Å². The van der Waals surface area contributed by atoms with Crippen LogP contribution in [0.5, 0.6) is 0 Å². The van der Waals surface area contributed by atoms with Crippen molar-refractivity contribution in [2.24, 2.45) is 11.8 Å². The lowest BCUT2D eigenvalue weighted by Gasteiger charge is -2.34. The van der Waals surface area contributed by atoms with E-state index < -0.39 is 0 Å². The Labute approximate surface area is 126 Å². The summed E-state index contributed by atoms with van der Waals surface area (Å²) in [4.78, 5) is 12.1. The van der Waals surface area contributed by atoms with Crippen LogP contribution >= 0.6 is 11.6 Å². The zero-order chi connectivity index (χ0) is 14.5. The van der Waals surface area contributed by atoms with Gasteiger partial charge in [-0.05, 0) is 36.3 Å². The van der Waals surface area contributed by atoms with Gasteiger partial charge in [-0.3, -0.25) is 4.79 Å². The third-order valence-corrected chi connectivity index (χ3v) is 5.00. The largest absolute Gasteiger partial charge is 0.353 e. The topological polar surface area (TPSA) is 29.1 Å². The summed E-state index contributed by atoms with van der Waals surface area (Å²) >= 11 is 6.11. The van der Waals surface area contributed by atoms with E-state index in [0.717, 1.165) is 17.0 Å². The van der Waals surface area contributed by atoms with Crippen LogP contribution in [-0.2, 0) is 11.2 Å². The highest BCUT2D eigenvalue weighted by molar-refractivity contribution is 6.31. The number of nitrogens with one attached hydrogen (secondary N) is 1. The first-order chi connectivity index (χ1) is 9.58. The van der Waals surface area contributed by atoms with Crippen LogP contribution in [0.1, 0.15) is 45.1 Å². The van der Waals surface area contributed by atoms with Gasteiger partial charge in [-0.25, -0.2) is 0 Å². The molecule has 2 rings (SSSR count). The summed E-state index contributed by atoms with van der Waals surface area (Å²) in [6, 6.07) is 8.08. The highest BCUT2D eigenvalue weighted by Gasteiger charge is 2.27. The number of benzene rings is 1. The van der Waals surface area contributed by atoms with Crippen molar-refractivity contribution >= 4 is 17.5 Å². The molecule has 1 aromatic rings. The molecule has 1 amide bonds. The first-order valence-electron chi connectivity index (χ1n) is 7.60. The minimum Gasteiger partial charge on any atom is -0.353 e. The molecule has 1 saturated carbocycles. The molecule has 0 spiro atoms. The zero-order valence-corrected chi connectivity index (χ0v) is 13.1. The van der Waals surface area contributed by atoms with Crippen LogP contribution in [0.15, 0.2) is 24.3 Å². The van der Waals surface area contributed by atoms with E-state index in [-0.39, 0.29) is 5.91 Å². The van der Waals surface area contributed by atoms with Gasteiger partial charge in [0.2, 0.25) is 5.91 Å². The molecule has 0 aromatic heterocycles. The van der Waals surface area contributed by atoms with Gasteiger partial charge in [-0.2, -0.15) is 0 Å². The number of carbonyl (C=O) groups excluding carboxylic acids is 1. The molecule has 3 atom stereocenters. The molecule has 0 radical (unpaired) electrons. The number of hydrogen-bond acceptors (Lipinski definition) is 1. The number of carbonyl (C=O) groups is 1. The number of aryl methyl sites for hydroxylation is 1. The predicted octanol–water partition coefficient (Wildman–Crippen LogP) is 4.21. The maximum atomic E-state index is 12.1. The number of hydrogen-bond donors (Lipinski definition) is 1. The van der Waals surface area contributed by atoms with Gasteiger partial charge >= 0.3 is 0 Å². The van der Waals surface area contributed by atoms with E-state index >= 15 is 0 Å². The Bertz CT molecular complexity index is 460. The zero-order valence-electron chi connectivity index (χ0n) is 12.4. The molecular weight excluding hydrogens is 270 g/mol. The van der Waals surface area contributed by atoms with Gasteiger partial charge in [0, 0.05) is 17.5 Å². The molecule has 2 nitrogen and oxygen atoms in total. The fourth-order valence-corrected chi connectivity index (χ4v) is 3.24. The highest BCUT2D eigenvalue weighted by atomic mass is 35.5. The molecule has 1 N–H and O–H groups in total. The SMILES string of the molecule is CC1CCCC(NC(=O)CCc2ccccc2Cl)C1C. The summed E-state index contributed by atoms with van der Waals surface area (Å²) in [6.07, 6.45) is 4.85. The second-order valence-corrected chi connectivity index (χ2v) is 6.44. The molecule has 0 bridgehead atoms. The Hall–Kier alpha value is -1.02. The lowest BCUT2D eigenvalue weighted by Crippen LogP contribution is -2.43. The molecule has 1 aliphatic rings. The Morgan fingerprint density at radius 3 is 2.80 bits per heavy atom. The maximum Gasteiger partial charge on any atom is 0.220 e. The van der Waals surface area contributed by atoms with Crippen molar-refractivity contribution in [3.63, 3.8) is 0 Å². The van der Waals surface area contributed by atoms with E-state index in [2.05, 4.69) is 19.2 Å². The lowest BCUT2D eigenvalue weighted by molar-refractivity contribution is -0.122. The van der Waals surface area contributed by atoms with Crippen molar-refractivity contribution in [2.75, 3.05) is 0 Å². The van der Waals surface area contributed by atoms with Crippen LogP contribution in [-0.4, -0.2) is 11.9 Å². The molecule has 3 heteroatoms. The fourth-order valence-electron chi connectivity index (χ4n) is 3.01. The molecule has 1 fully saturated rings. The molecule has 0 saturated heterocycles. The van der Waals surface area contributed by atoms with Gasteiger partial charge < -0.3 is 5.32 Å². The Morgan fingerprint density at radius 1 is 1.30 bits per heavy atom. The molecule has 110 valence electrons. The summed E-state index contributed by atoms with van der Waals surface area (Å²) in [7, 11) is 0. The first kappa shape index (κ1) is 15.4. The Kier molecular flexibility index (Phi) is 5.47. The predicted molar refractivity (Wildman–Crippen MR) is 83.9 cm³/mol. The minimum absolute atomic E-state index is 0.149. The van der Waals surface area contributed by atoms with Crippen molar-refractivity contribution in [3.8, 4) is 0 Å². The van der Waals surface area contributed by atoms with Crippen molar-refractivity contribution in [2.45, 2.75) is 52.0 Å². The Morgan fingerprint density at radius 2 is 2.05 bits per heavy atom. The average Bonchev–Trinajstić information content (AvgIpc) is 2.43. The first-order valence-corrected chi connectivity index (χ1v) is 7.98. The van der Waals surface area contributed by atoms with Crippen molar-refractivity contribution in [1.29, 1.82) is 0 Å². The molecule has 0 heterocycles. The van der Waals surface area contributed by atoms with Crippen molar-refractivity contribution in [1.82, 2.24) is 5.32 Å². The fraction of sp³-hybridized carbons (Fsp3) is 0.588. The van der Waals surface area contributed by atoms with E-state index in [1.165, 1.54) is 12.8 Å². The average molecular weight is 294 g/mol. The van der Waals surface area contributed by atoms with E-state index in [0.29, 0.717) is 30.7 Å². The molecule has 0 aliphatic heterocycles. The molecule has 3 unspecified atom stereocenters. The Balaban J connectivity index is 1.82. The van der Waals surface area contributed by atoms with E-state index in [1.807, 2.05) is 24.3 Å². The minimum atomic E-state index is 0.149. The summed E-state index contributed by atoms with van der Waals surface area (Å²) in [5.74, 6) is 1.43. The van der Waals surface area contributed by atoms with Crippen LogP contribution in [0, 0.1) is 11.8 Å². The maximum absolute atomic E-state index is 12.1. The standard InChI is InChI=1S/C17H24ClNO/c1-12-6-5-9-16(13(12)2)19-17(20)11-10-14-7-3-4-8-15(14)18/h3-4,7-8,12-13,16H,5-6,9-11H2,1-2H3,(H,19,20). The van der Waals surface area contributed by atoms with E-state index in [9.17, 15) is 4.79 Å². The van der Waals surface area contributed by atoms with Crippen molar-refractivity contribution in [3.05, 3.63) is 34.9 Å². The summed E-state index contributed by atoms with van der Waals surface area (Å²) in [5, 5.41) is 3.96. The summed E-state index contributed by atoms with van der Waals surface area (Å²) < 4.78 is 0. The number of rotatable bonds is 4. The van der Waals surface area contributed by atoms with E-state index in [4.69, 9.17) is 11.6 Å². The van der Waals surface area contributed by atoms with Gasteiger partial charge in [-0.15, -0.1) is 0 Å². The van der Waals surface area contributed by atoms with Crippen LogP contribution < -0.4 is 5.32 Å². The van der Waals surface area contributed by atoms with Gasteiger partial charge in [0.05, 0.1) is 0 Å². The molecule has 20 heavy (non-hydrogen) atoms. The second kappa shape index (κ2) is 7.12. The highest BCUT2D eigenvalue weighted by Crippen LogP contribution is 2.29. The quantitative estimate of drug-likeness (QED) is 0.885. The molecule has 1 aromatic carbocycles. The monoisotopic (exact) mass is 293 g/mol. The molecular formula is C17H24ClNO.